The van der Waals surface area contributed by atoms with Gasteiger partial charge in [0.25, 0.3) is 0 Å². The quantitative estimate of drug-likeness (QED) is 0.699. The molecule has 0 aliphatic heterocycles. The Bertz CT molecular complexity index is 369. The third kappa shape index (κ3) is 6.55. The van der Waals surface area contributed by atoms with Gasteiger partial charge in [0.2, 0.25) is 0 Å². The van der Waals surface area contributed by atoms with Gasteiger partial charge in [-0.25, -0.2) is 4.39 Å². The van der Waals surface area contributed by atoms with Crippen LogP contribution in [0.3, 0.4) is 0 Å². The Kier molecular flexibility index (Phi) is 7.45. The highest BCUT2D eigenvalue weighted by Crippen LogP contribution is 2.15. The predicted molar refractivity (Wildman–Crippen MR) is 74.9 cm³/mol. The van der Waals surface area contributed by atoms with Crippen LogP contribution in [0, 0.1) is 11.7 Å². The van der Waals surface area contributed by atoms with Crippen LogP contribution in [0.15, 0.2) is 18.2 Å². The van der Waals surface area contributed by atoms with Crippen molar-refractivity contribution in [1.82, 2.24) is 5.32 Å². The molecule has 3 nitrogen and oxygen atoms in total. The minimum absolute atomic E-state index is 0.243. The summed E-state index contributed by atoms with van der Waals surface area (Å²) in [5.74, 6) is 0.965. The second kappa shape index (κ2) is 8.88. The lowest BCUT2D eigenvalue weighted by Gasteiger charge is -2.09. The zero-order chi connectivity index (χ0) is 14.1. The van der Waals surface area contributed by atoms with Crippen molar-refractivity contribution in [2.24, 2.45) is 5.92 Å². The summed E-state index contributed by atoms with van der Waals surface area (Å²) in [4.78, 5) is 0. The normalized spacial score (nSPS) is 11.0. The molecule has 0 aliphatic carbocycles. The lowest BCUT2D eigenvalue weighted by molar-refractivity contribution is 0.125. The number of benzene rings is 1. The van der Waals surface area contributed by atoms with Crippen molar-refractivity contribution in [1.29, 1.82) is 0 Å². The predicted octanol–water partition coefficient (Wildman–Crippen LogP) is 2.99. The van der Waals surface area contributed by atoms with Gasteiger partial charge < -0.3 is 14.8 Å². The van der Waals surface area contributed by atoms with Gasteiger partial charge in [0.05, 0.1) is 13.7 Å². The maximum absolute atomic E-state index is 13.6. The van der Waals surface area contributed by atoms with E-state index in [1.807, 2.05) is 0 Å². The zero-order valence-corrected chi connectivity index (χ0v) is 12.0. The van der Waals surface area contributed by atoms with E-state index in [9.17, 15) is 4.39 Å². The van der Waals surface area contributed by atoms with Crippen molar-refractivity contribution in [3.05, 3.63) is 29.6 Å². The molecule has 0 radical (unpaired) electrons. The van der Waals surface area contributed by atoms with Crippen molar-refractivity contribution in [2.75, 3.05) is 26.9 Å². The number of halogens is 1. The summed E-state index contributed by atoms with van der Waals surface area (Å²) >= 11 is 0. The number of ether oxygens (including phenoxy) is 2. The topological polar surface area (TPSA) is 30.5 Å². The summed E-state index contributed by atoms with van der Waals surface area (Å²) in [5, 5.41) is 3.16. The Hall–Kier alpha value is -1.13. The number of rotatable bonds is 9. The maximum atomic E-state index is 13.6. The fourth-order valence-electron chi connectivity index (χ4n) is 1.59. The molecule has 108 valence electrons. The summed E-state index contributed by atoms with van der Waals surface area (Å²) in [5.41, 5.74) is 0.642. The van der Waals surface area contributed by atoms with Gasteiger partial charge in [-0.15, -0.1) is 0 Å². The van der Waals surface area contributed by atoms with E-state index in [0.29, 0.717) is 30.4 Å². The zero-order valence-electron chi connectivity index (χ0n) is 12.0. The summed E-state index contributed by atoms with van der Waals surface area (Å²) in [6.07, 6.45) is 1.08. The molecule has 0 bridgehead atoms. The van der Waals surface area contributed by atoms with Gasteiger partial charge in [0.15, 0.2) is 0 Å². The average molecular weight is 269 g/mol. The van der Waals surface area contributed by atoms with Crippen molar-refractivity contribution < 1.29 is 13.9 Å². The molecule has 1 rings (SSSR count). The standard InChI is InChI=1S/C15H24FNO2/c1-12(2)6-8-19-9-7-17-11-13-4-5-14(18-3)10-15(13)16/h4-5,10,12,17H,6-9,11H2,1-3H3. The van der Waals surface area contributed by atoms with E-state index in [-0.39, 0.29) is 5.82 Å². The van der Waals surface area contributed by atoms with E-state index in [0.717, 1.165) is 19.6 Å². The van der Waals surface area contributed by atoms with Crippen LogP contribution in [0.5, 0.6) is 5.75 Å². The third-order valence-electron chi connectivity index (χ3n) is 2.84. The molecule has 1 aromatic rings. The second-order valence-electron chi connectivity index (χ2n) is 4.93. The smallest absolute Gasteiger partial charge is 0.131 e. The Balaban J connectivity index is 2.15. The van der Waals surface area contributed by atoms with Gasteiger partial charge in [-0.1, -0.05) is 19.9 Å². The fraction of sp³-hybridized carbons (Fsp3) is 0.600. The highest BCUT2D eigenvalue weighted by molar-refractivity contribution is 5.28. The summed E-state index contributed by atoms with van der Waals surface area (Å²) in [7, 11) is 1.53. The first-order valence-corrected chi connectivity index (χ1v) is 6.74. The molecule has 0 heterocycles. The van der Waals surface area contributed by atoms with E-state index in [4.69, 9.17) is 9.47 Å². The van der Waals surface area contributed by atoms with E-state index >= 15 is 0 Å². The van der Waals surface area contributed by atoms with E-state index in [1.54, 1.807) is 12.1 Å². The average Bonchev–Trinajstić information content (AvgIpc) is 2.38. The first-order chi connectivity index (χ1) is 9.13. The maximum Gasteiger partial charge on any atom is 0.131 e. The Morgan fingerprint density at radius 3 is 2.68 bits per heavy atom. The lowest BCUT2D eigenvalue weighted by Crippen LogP contribution is -2.20. The van der Waals surface area contributed by atoms with Crippen LogP contribution in [-0.2, 0) is 11.3 Å². The molecule has 19 heavy (non-hydrogen) atoms. The number of hydrogen-bond donors (Lipinski definition) is 1. The van der Waals surface area contributed by atoms with Crippen LogP contribution in [-0.4, -0.2) is 26.9 Å². The van der Waals surface area contributed by atoms with Crippen LogP contribution in [0.25, 0.3) is 0 Å². The second-order valence-corrected chi connectivity index (χ2v) is 4.93. The molecule has 4 heteroatoms. The Morgan fingerprint density at radius 1 is 1.26 bits per heavy atom. The van der Waals surface area contributed by atoms with Gasteiger partial charge in [-0.05, 0) is 18.4 Å². The lowest BCUT2D eigenvalue weighted by atomic mass is 10.1. The Morgan fingerprint density at radius 2 is 2.05 bits per heavy atom. The van der Waals surface area contributed by atoms with Crippen molar-refractivity contribution in [2.45, 2.75) is 26.8 Å². The van der Waals surface area contributed by atoms with Crippen LogP contribution < -0.4 is 10.1 Å². The third-order valence-corrected chi connectivity index (χ3v) is 2.84. The van der Waals surface area contributed by atoms with Crippen LogP contribution in [0.4, 0.5) is 4.39 Å². The highest BCUT2D eigenvalue weighted by atomic mass is 19.1. The van der Waals surface area contributed by atoms with Gasteiger partial charge in [-0.2, -0.15) is 0 Å². The monoisotopic (exact) mass is 269 g/mol. The molecule has 0 saturated heterocycles. The molecule has 0 aromatic heterocycles. The summed E-state index contributed by atoms with van der Waals surface area (Å²) in [6.45, 7) is 7.02. The minimum Gasteiger partial charge on any atom is -0.497 e. The van der Waals surface area contributed by atoms with Crippen LogP contribution in [0.1, 0.15) is 25.8 Å². The number of nitrogens with one attached hydrogen (secondary N) is 1. The van der Waals surface area contributed by atoms with Gasteiger partial charge in [-0.3, -0.25) is 0 Å². The first-order valence-electron chi connectivity index (χ1n) is 6.74. The van der Waals surface area contributed by atoms with Crippen LogP contribution >= 0.6 is 0 Å². The largest absolute Gasteiger partial charge is 0.497 e. The minimum atomic E-state index is -0.243. The van der Waals surface area contributed by atoms with E-state index in [2.05, 4.69) is 19.2 Å². The van der Waals surface area contributed by atoms with E-state index in [1.165, 1.54) is 13.2 Å². The molecule has 0 atom stereocenters. The van der Waals surface area contributed by atoms with Gasteiger partial charge in [0.1, 0.15) is 11.6 Å². The molecule has 0 saturated carbocycles. The number of hydrogen-bond acceptors (Lipinski definition) is 3. The molecule has 0 unspecified atom stereocenters. The SMILES string of the molecule is COc1ccc(CNCCOCCC(C)C)c(F)c1. The fourth-order valence-corrected chi connectivity index (χ4v) is 1.59. The molecule has 0 amide bonds. The van der Waals surface area contributed by atoms with Gasteiger partial charge in [0, 0.05) is 31.3 Å². The van der Waals surface area contributed by atoms with Crippen molar-refractivity contribution in [3.63, 3.8) is 0 Å². The first kappa shape index (κ1) is 15.9. The summed E-state index contributed by atoms with van der Waals surface area (Å²) < 4.78 is 24.0. The number of methoxy groups -OCH3 is 1. The summed E-state index contributed by atoms with van der Waals surface area (Å²) in [6, 6.07) is 4.90. The molecular weight excluding hydrogens is 245 g/mol. The highest BCUT2D eigenvalue weighted by Gasteiger charge is 2.03. The van der Waals surface area contributed by atoms with Crippen LogP contribution in [0.2, 0.25) is 0 Å². The molecule has 0 aliphatic rings. The molecule has 1 N–H and O–H groups in total. The van der Waals surface area contributed by atoms with Crippen molar-refractivity contribution >= 4 is 0 Å². The Labute approximate surface area is 115 Å². The van der Waals surface area contributed by atoms with E-state index < -0.39 is 0 Å². The molecule has 0 fully saturated rings. The molecule has 1 aromatic carbocycles. The van der Waals surface area contributed by atoms with Crippen molar-refractivity contribution in [3.8, 4) is 5.75 Å². The van der Waals surface area contributed by atoms with Gasteiger partial charge >= 0.3 is 0 Å². The molecule has 0 spiro atoms. The molecular formula is C15H24FNO2.